The van der Waals surface area contributed by atoms with Crippen LogP contribution < -0.4 is 0 Å². The van der Waals surface area contributed by atoms with Crippen LogP contribution in [0.4, 0.5) is 0 Å². The van der Waals surface area contributed by atoms with E-state index in [4.69, 9.17) is 0 Å². The Morgan fingerprint density at radius 2 is 1.04 bits per heavy atom. The molecule has 0 aliphatic heterocycles. The number of nitrogens with zero attached hydrogens (tertiary/aromatic N) is 1. The summed E-state index contributed by atoms with van der Waals surface area (Å²) < 4.78 is 2.48. The van der Waals surface area contributed by atoms with E-state index >= 15 is 0 Å². The van der Waals surface area contributed by atoms with E-state index in [-0.39, 0.29) is 0 Å². The predicted octanol–water partition coefficient (Wildman–Crippen LogP) is 13.1. The van der Waals surface area contributed by atoms with Gasteiger partial charge in [0.05, 0.1) is 11.0 Å². The number of aromatic nitrogens is 1. The molecule has 1 aliphatic carbocycles. The summed E-state index contributed by atoms with van der Waals surface area (Å²) in [5.74, 6) is 0.362. The Hall–Kier alpha value is -6.44. The van der Waals surface area contributed by atoms with Gasteiger partial charge in [0.2, 0.25) is 0 Å². The molecule has 0 saturated carbocycles. The maximum absolute atomic E-state index is 2.48. The summed E-state index contributed by atoms with van der Waals surface area (Å²) in [6.45, 7) is 0. The number of hydrogen-bond donors (Lipinski definition) is 0. The molecule has 51 heavy (non-hydrogen) atoms. The highest BCUT2D eigenvalue weighted by Gasteiger charge is 2.26. The number of hydrogen-bond acceptors (Lipinski definition) is 0. The minimum atomic E-state index is 0.362. The highest BCUT2D eigenvalue weighted by Crippen LogP contribution is 2.45. The summed E-state index contributed by atoms with van der Waals surface area (Å²) >= 11 is 0. The second-order valence-electron chi connectivity index (χ2n) is 13.7. The molecule has 0 spiro atoms. The van der Waals surface area contributed by atoms with Crippen molar-refractivity contribution in [3.05, 3.63) is 211 Å². The Balaban J connectivity index is 1.15. The summed E-state index contributed by atoms with van der Waals surface area (Å²) in [6, 6.07) is 71.3. The van der Waals surface area contributed by atoms with E-state index in [0.717, 1.165) is 12.1 Å². The maximum atomic E-state index is 2.48. The zero-order valence-corrected chi connectivity index (χ0v) is 28.2. The van der Waals surface area contributed by atoms with Crippen LogP contribution in [0, 0.1) is 0 Å². The monoisotopic (exact) mass is 649 g/mol. The van der Waals surface area contributed by atoms with Crippen LogP contribution in [0.1, 0.15) is 22.6 Å². The molecule has 8 aromatic carbocycles. The van der Waals surface area contributed by atoms with Crippen molar-refractivity contribution in [1.82, 2.24) is 4.57 Å². The fourth-order valence-electron chi connectivity index (χ4n) is 8.37. The molecule has 1 aromatic heterocycles. The number of rotatable bonds is 5. The average Bonchev–Trinajstić information content (AvgIpc) is 3.55. The van der Waals surface area contributed by atoms with Crippen molar-refractivity contribution in [2.45, 2.75) is 12.3 Å². The fraction of sp³-hybridized carbons (Fsp3) is 0.0400. The molecule has 1 nitrogen and oxygen atoms in total. The van der Waals surface area contributed by atoms with Gasteiger partial charge in [-0.2, -0.15) is 0 Å². The SMILES string of the molecule is c1ccc(-c2cc(-c3ccccc3)c3c(c2)c2ccccc2n3-c2cccc(-c3ccc4c(c3)-c3ccccc3C(c3ccccc3)C4)c2)cc1. The Morgan fingerprint density at radius 1 is 0.392 bits per heavy atom. The number of para-hydroxylation sites is 1. The van der Waals surface area contributed by atoms with Crippen molar-refractivity contribution in [2.24, 2.45) is 0 Å². The van der Waals surface area contributed by atoms with Crippen LogP contribution in [-0.2, 0) is 6.42 Å². The first-order valence-electron chi connectivity index (χ1n) is 17.9. The largest absolute Gasteiger partial charge is 0.309 e. The highest BCUT2D eigenvalue weighted by atomic mass is 15.0. The quantitative estimate of drug-likeness (QED) is 0.175. The summed E-state index contributed by atoms with van der Waals surface area (Å²) in [5, 5.41) is 2.51. The molecule has 1 heteroatoms. The van der Waals surface area contributed by atoms with Crippen LogP contribution in [0.15, 0.2) is 194 Å². The zero-order valence-electron chi connectivity index (χ0n) is 28.2. The Morgan fingerprint density at radius 3 is 1.86 bits per heavy atom. The van der Waals surface area contributed by atoms with Gasteiger partial charge in [-0.1, -0.05) is 158 Å². The van der Waals surface area contributed by atoms with Gasteiger partial charge < -0.3 is 4.57 Å². The van der Waals surface area contributed by atoms with Gasteiger partial charge in [0.1, 0.15) is 0 Å². The normalized spacial score (nSPS) is 13.6. The first kappa shape index (κ1) is 29.5. The van der Waals surface area contributed by atoms with E-state index in [1.165, 1.54) is 83.0 Å². The minimum absolute atomic E-state index is 0.362. The second-order valence-corrected chi connectivity index (χ2v) is 13.7. The van der Waals surface area contributed by atoms with Crippen LogP contribution >= 0.6 is 0 Å². The third-order valence-electron chi connectivity index (χ3n) is 10.8. The summed E-state index contributed by atoms with van der Waals surface area (Å²) in [4.78, 5) is 0. The third kappa shape index (κ3) is 5.01. The van der Waals surface area contributed by atoms with Crippen molar-refractivity contribution >= 4 is 21.8 Å². The van der Waals surface area contributed by atoms with Crippen molar-refractivity contribution in [1.29, 1.82) is 0 Å². The van der Waals surface area contributed by atoms with Crippen molar-refractivity contribution in [3.8, 4) is 50.2 Å². The van der Waals surface area contributed by atoms with Crippen LogP contribution in [0.2, 0.25) is 0 Å². The second kappa shape index (κ2) is 12.2. The van der Waals surface area contributed by atoms with Crippen LogP contribution in [-0.4, -0.2) is 4.57 Å². The molecule has 0 radical (unpaired) electrons. The molecule has 1 aliphatic rings. The molecule has 0 fully saturated rings. The molecule has 9 aromatic rings. The van der Waals surface area contributed by atoms with Gasteiger partial charge in [0.25, 0.3) is 0 Å². The summed E-state index contributed by atoms with van der Waals surface area (Å²) in [7, 11) is 0. The standard InChI is InChI=1S/C50H35N/c1-4-15-34(16-5-1)40-32-47(36-19-8-3-9-20-36)50-48(33-40)44-25-12-13-26-49(44)51(50)41-22-14-21-37(29-41)38-27-28-39-31-45(35-17-6-2-7-18-35)42-23-10-11-24-43(42)46(39)30-38/h1-30,32-33,45H,31H2. The molecule has 10 rings (SSSR count). The van der Waals surface area contributed by atoms with Crippen molar-refractivity contribution in [2.75, 3.05) is 0 Å². The lowest BCUT2D eigenvalue weighted by atomic mass is 9.75. The molecule has 1 heterocycles. The van der Waals surface area contributed by atoms with Crippen LogP contribution in [0.3, 0.4) is 0 Å². The average molecular weight is 650 g/mol. The highest BCUT2D eigenvalue weighted by molar-refractivity contribution is 6.15. The maximum Gasteiger partial charge on any atom is 0.0619 e. The topological polar surface area (TPSA) is 4.93 Å². The van der Waals surface area contributed by atoms with Gasteiger partial charge in [-0.25, -0.2) is 0 Å². The molecule has 1 atom stereocenters. The van der Waals surface area contributed by atoms with Gasteiger partial charge in [-0.05, 0) is 98.5 Å². The molecule has 0 bridgehead atoms. The molecule has 240 valence electrons. The van der Waals surface area contributed by atoms with E-state index in [9.17, 15) is 0 Å². The van der Waals surface area contributed by atoms with Crippen molar-refractivity contribution < 1.29 is 0 Å². The molecular weight excluding hydrogens is 615 g/mol. The Labute approximate surface area is 298 Å². The predicted molar refractivity (Wildman–Crippen MR) is 215 cm³/mol. The van der Waals surface area contributed by atoms with E-state index < -0.39 is 0 Å². The summed E-state index contributed by atoms with van der Waals surface area (Å²) in [6.07, 6.45) is 1.01. The van der Waals surface area contributed by atoms with E-state index in [1.807, 2.05) is 0 Å². The first-order valence-corrected chi connectivity index (χ1v) is 17.9. The lowest BCUT2D eigenvalue weighted by Crippen LogP contribution is -2.12. The Kier molecular flexibility index (Phi) is 7.03. The molecule has 0 amide bonds. The molecule has 0 saturated heterocycles. The van der Waals surface area contributed by atoms with Crippen LogP contribution in [0.5, 0.6) is 0 Å². The smallest absolute Gasteiger partial charge is 0.0619 e. The van der Waals surface area contributed by atoms with Gasteiger partial charge in [0, 0.05) is 27.9 Å². The summed E-state index contributed by atoms with van der Waals surface area (Å²) in [5.41, 5.74) is 17.8. The molecule has 1 unspecified atom stereocenters. The van der Waals surface area contributed by atoms with E-state index in [0.29, 0.717) is 5.92 Å². The first-order chi connectivity index (χ1) is 25.3. The lowest BCUT2D eigenvalue weighted by molar-refractivity contribution is 0.794. The van der Waals surface area contributed by atoms with Gasteiger partial charge >= 0.3 is 0 Å². The Bertz CT molecular complexity index is 2700. The number of benzene rings is 8. The van der Waals surface area contributed by atoms with Gasteiger partial charge in [-0.15, -0.1) is 0 Å². The van der Waals surface area contributed by atoms with Gasteiger partial charge in [-0.3, -0.25) is 0 Å². The van der Waals surface area contributed by atoms with E-state index in [1.54, 1.807) is 0 Å². The minimum Gasteiger partial charge on any atom is -0.309 e. The van der Waals surface area contributed by atoms with Crippen LogP contribution in [0.25, 0.3) is 72.0 Å². The fourth-order valence-corrected chi connectivity index (χ4v) is 8.37. The van der Waals surface area contributed by atoms with Gasteiger partial charge in [0.15, 0.2) is 0 Å². The number of fused-ring (bicyclic) bond motifs is 6. The van der Waals surface area contributed by atoms with E-state index in [2.05, 4.69) is 199 Å². The zero-order chi connectivity index (χ0) is 33.7. The molecule has 0 N–H and O–H groups in total. The lowest BCUT2D eigenvalue weighted by Gasteiger charge is -2.29. The third-order valence-corrected chi connectivity index (χ3v) is 10.8. The molecular formula is C50H35N. The van der Waals surface area contributed by atoms with Crippen molar-refractivity contribution in [3.63, 3.8) is 0 Å².